The first-order valence-electron chi connectivity index (χ1n) is 4.21. The Morgan fingerprint density at radius 3 is 3.00 bits per heavy atom. The number of fused-ring (bicyclic) bond motifs is 1. The molecular formula is C10H11ClO. The fourth-order valence-electron chi connectivity index (χ4n) is 1.70. The molecule has 1 N–H and O–H groups in total. The van der Waals surface area contributed by atoms with Gasteiger partial charge >= 0.3 is 0 Å². The number of aliphatic hydroxyl groups is 1. The van der Waals surface area contributed by atoms with Crippen LogP contribution in [0.25, 0.3) is 0 Å². The third-order valence-electron chi connectivity index (χ3n) is 2.37. The summed E-state index contributed by atoms with van der Waals surface area (Å²) in [5.41, 5.74) is 2.55. The van der Waals surface area contributed by atoms with Crippen molar-refractivity contribution in [2.24, 2.45) is 0 Å². The molecule has 1 atom stereocenters. The summed E-state index contributed by atoms with van der Waals surface area (Å²) < 4.78 is 0. The van der Waals surface area contributed by atoms with Gasteiger partial charge in [-0.25, -0.2) is 0 Å². The minimum Gasteiger partial charge on any atom is -0.393 e. The van der Waals surface area contributed by atoms with E-state index in [1.54, 1.807) is 0 Å². The zero-order chi connectivity index (χ0) is 8.55. The summed E-state index contributed by atoms with van der Waals surface area (Å²) >= 11 is 5.85. The monoisotopic (exact) mass is 182 g/mol. The molecule has 0 heterocycles. The van der Waals surface area contributed by atoms with Crippen LogP contribution in [0.2, 0.25) is 5.02 Å². The van der Waals surface area contributed by atoms with Crippen LogP contribution in [0.15, 0.2) is 18.2 Å². The van der Waals surface area contributed by atoms with E-state index in [9.17, 15) is 5.11 Å². The minimum atomic E-state index is -0.154. The van der Waals surface area contributed by atoms with Gasteiger partial charge in [0.1, 0.15) is 0 Å². The van der Waals surface area contributed by atoms with E-state index in [-0.39, 0.29) is 6.10 Å². The molecule has 0 bridgehead atoms. The molecule has 1 nitrogen and oxygen atoms in total. The first-order valence-corrected chi connectivity index (χ1v) is 4.59. The predicted octanol–water partition coefficient (Wildman–Crippen LogP) is 2.19. The molecule has 2 rings (SSSR count). The summed E-state index contributed by atoms with van der Waals surface area (Å²) in [5, 5.41) is 10.2. The average Bonchev–Trinajstić information content (AvgIpc) is 2.05. The lowest BCUT2D eigenvalue weighted by Gasteiger charge is -2.20. The number of hydrogen-bond donors (Lipinski definition) is 1. The van der Waals surface area contributed by atoms with E-state index in [0.717, 1.165) is 24.3 Å². The fourth-order valence-corrected chi connectivity index (χ4v) is 1.90. The maximum absolute atomic E-state index is 9.39. The maximum atomic E-state index is 9.39. The summed E-state index contributed by atoms with van der Waals surface area (Å²) in [5.74, 6) is 0. The molecular weight excluding hydrogens is 172 g/mol. The van der Waals surface area contributed by atoms with Crippen molar-refractivity contribution in [2.45, 2.75) is 25.4 Å². The zero-order valence-corrected chi connectivity index (χ0v) is 7.51. The maximum Gasteiger partial charge on any atom is 0.0583 e. The van der Waals surface area contributed by atoms with Crippen LogP contribution in [0, 0.1) is 0 Å². The van der Waals surface area contributed by atoms with Crippen molar-refractivity contribution in [1.82, 2.24) is 0 Å². The fraction of sp³-hybridized carbons (Fsp3) is 0.400. The van der Waals surface area contributed by atoms with Crippen molar-refractivity contribution >= 4 is 11.6 Å². The van der Waals surface area contributed by atoms with Gasteiger partial charge in [0.15, 0.2) is 0 Å². The van der Waals surface area contributed by atoms with E-state index in [1.165, 1.54) is 11.1 Å². The van der Waals surface area contributed by atoms with Crippen LogP contribution in [0.5, 0.6) is 0 Å². The van der Waals surface area contributed by atoms with E-state index in [4.69, 9.17) is 11.6 Å². The van der Waals surface area contributed by atoms with E-state index in [1.807, 2.05) is 18.2 Å². The molecule has 1 aromatic carbocycles. The summed E-state index contributed by atoms with van der Waals surface area (Å²) in [6.45, 7) is 0. The van der Waals surface area contributed by atoms with E-state index >= 15 is 0 Å². The van der Waals surface area contributed by atoms with Gasteiger partial charge in [-0.05, 0) is 42.5 Å². The molecule has 0 aromatic heterocycles. The van der Waals surface area contributed by atoms with Gasteiger partial charge < -0.3 is 5.11 Å². The second kappa shape index (κ2) is 3.08. The van der Waals surface area contributed by atoms with Crippen LogP contribution in [-0.4, -0.2) is 11.2 Å². The molecule has 12 heavy (non-hydrogen) atoms. The van der Waals surface area contributed by atoms with Crippen LogP contribution < -0.4 is 0 Å². The smallest absolute Gasteiger partial charge is 0.0583 e. The largest absolute Gasteiger partial charge is 0.393 e. The summed E-state index contributed by atoms with van der Waals surface area (Å²) in [4.78, 5) is 0. The Morgan fingerprint density at radius 2 is 2.17 bits per heavy atom. The number of rotatable bonds is 0. The number of aliphatic hydroxyl groups excluding tert-OH is 1. The molecule has 0 spiro atoms. The zero-order valence-electron chi connectivity index (χ0n) is 6.76. The Bertz CT molecular complexity index is 296. The Kier molecular flexibility index (Phi) is 2.07. The van der Waals surface area contributed by atoms with Crippen LogP contribution in [-0.2, 0) is 12.8 Å². The number of aryl methyl sites for hydroxylation is 1. The van der Waals surface area contributed by atoms with Gasteiger partial charge in [-0.1, -0.05) is 17.7 Å². The third kappa shape index (κ3) is 1.47. The van der Waals surface area contributed by atoms with Gasteiger partial charge in [0.25, 0.3) is 0 Å². The van der Waals surface area contributed by atoms with E-state index in [0.29, 0.717) is 0 Å². The van der Waals surface area contributed by atoms with E-state index < -0.39 is 0 Å². The molecule has 0 saturated heterocycles. The van der Waals surface area contributed by atoms with Crippen LogP contribution in [0.1, 0.15) is 17.5 Å². The number of halogens is 1. The van der Waals surface area contributed by atoms with Crippen molar-refractivity contribution in [3.05, 3.63) is 34.3 Å². The van der Waals surface area contributed by atoms with Gasteiger partial charge in [-0.3, -0.25) is 0 Å². The number of benzene rings is 1. The molecule has 0 amide bonds. The third-order valence-corrected chi connectivity index (χ3v) is 2.61. The predicted molar refractivity (Wildman–Crippen MR) is 49.5 cm³/mol. The lowest BCUT2D eigenvalue weighted by Crippen LogP contribution is -2.18. The van der Waals surface area contributed by atoms with Crippen molar-refractivity contribution in [3.63, 3.8) is 0 Å². The van der Waals surface area contributed by atoms with Crippen molar-refractivity contribution in [2.75, 3.05) is 0 Å². The average molecular weight is 183 g/mol. The topological polar surface area (TPSA) is 20.2 Å². The van der Waals surface area contributed by atoms with Gasteiger partial charge in [-0.15, -0.1) is 0 Å². The highest BCUT2D eigenvalue weighted by Crippen LogP contribution is 2.24. The van der Waals surface area contributed by atoms with Crippen molar-refractivity contribution < 1.29 is 5.11 Å². The van der Waals surface area contributed by atoms with Gasteiger partial charge in [0.05, 0.1) is 6.10 Å². The van der Waals surface area contributed by atoms with Crippen LogP contribution >= 0.6 is 11.6 Å². The SMILES string of the molecule is O[C@H]1CCc2cc(Cl)ccc2C1. The van der Waals surface area contributed by atoms with Crippen LogP contribution in [0.3, 0.4) is 0 Å². The molecule has 1 aliphatic carbocycles. The van der Waals surface area contributed by atoms with Crippen molar-refractivity contribution in [3.8, 4) is 0 Å². The number of hydrogen-bond acceptors (Lipinski definition) is 1. The molecule has 1 aromatic rings. The molecule has 2 heteroatoms. The molecule has 0 unspecified atom stereocenters. The quantitative estimate of drug-likeness (QED) is 0.652. The minimum absolute atomic E-state index is 0.154. The Balaban J connectivity index is 2.37. The molecule has 0 saturated carbocycles. The Hall–Kier alpha value is -0.530. The summed E-state index contributed by atoms with van der Waals surface area (Å²) in [6.07, 6.45) is 2.45. The highest BCUT2D eigenvalue weighted by atomic mass is 35.5. The van der Waals surface area contributed by atoms with Crippen LogP contribution in [0.4, 0.5) is 0 Å². The summed E-state index contributed by atoms with van der Waals surface area (Å²) in [7, 11) is 0. The van der Waals surface area contributed by atoms with Gasteiger partial charge in [0.2, 0.25) is 0 Å². The lowest BCUT2D eigenvalue weighted by molar-refractivity contribution is 0.158. The molecule has 0 aliphatic heterocycles. The normalized spacial score (nSPS) is 22.0. The van der Waals surface area contributed by atoms with Crippen molar-refractivity contribution in [1.29, 1.82) is 0 Å². The Labute approximate surface area is 77.0 Å². The molecule has 1 aliphatic rings. The second-order valence-electron chi connectivity index (χ2n) is 3.31. The first-order chi connectivity index (χ1) is 5.75. The van der Waals surface area contributed by atoms with E-state index in [2.05, 4.69) is 0 Å². The first kappa shape index (κ1) is 8.09. The van der Waals surface area contributed by atoms with Gasteiger partial charge in [0, 0.05) is 5.02 Å². The second-order valence-corrected chi connectivity index (χ2v) is 3.75. The molecule has 64 valence electrons. The standard InChI is InChI=1S/C10H11ClO/c11-9-3-1-8-6-10(12)4-2-7(8)5-9/h1,3,5,10,12H,2,4,6H2/t10-/m0/s1. The Morgan fingerprint density at radius 1 is 1.33 bits per heavy atom. The van der Waals surface area contributed by atoms with Gasteiger partial charge in [-0.2, -0.15) is 0 Å². The summed E-state index contributed by atoms with van der Waals surface area (Å²) in [6, 6.07) is 5.90. The molecule has 0 fully saturated rings. The highest BCUT2D eigenvalue weighted by molar-refractivity contribution is 6.30. The lowest BCUT2D eigenvalue weighted by atomic mass is 9.90. The molecule has 0 radical (unpaired) electrons. The highest BCUT2D eigenvalue weighted by Gasteiger charge is 2.15.